The maximum absolute atomic E-state index is 10.6. The van der Waals surface area contributed by atoms with Gasteiger partial charge < -0.3 is 10.5 Å². The van der Waals surface area contributed by atoms with Gasteiger partial charge in [0.1, 0.15) is 6.10 Å². The molecule has 1 aromatic rings. The first-order valence-corrected chi connectivity index (χ1v) is 5.68. The highest BCUT2D eigenvalue weighted by Gasteiger charge is 2.21. The molecule has 0 amide bonds. The Morgan fingerprint density at radius 2 is 2.35 bits per heavy atom. The lowest BCUT2D eigenvalue weighted by molar-refractivity contribution is -0.385. The largest absolute Gasteiger partial charge is 0.474 e. The molecule has 0 radical (unpaired) electrons. The van der Waals surface area contributed by atoms with Crippen LogP contribution in [0.2, 0.25) is 0 Å². The van der Waals surface area contributed by atoms with Crippen LogP contribution in [0, 0.1) is 10.1 Å². The second kappa shape index (κ2) is 5.09. The highest BCUT2D eigenvalue weighted by molar-refractivity contribution is 5.32. The van der Waals surface area contributed by atoms with Crippen LogP contribution in [0.1, 0.15) is 25.7 Å². The van der Waals surface area contributed by atoms with E-state index >= 15 is 0 Å². The molecule has 0 aliphatic heterocycles. The van der Waals surface area contributed by atoms with Crippen LogP contribution >= 0.6 is 0 Å². The number of aromatic nitrogens is 1. The monoisotopic (exact) mass is 237 g/mol. The molecule has 6 heteroatoms. The van der Waals surface area contributed by atoms with Gasteiger partial charge in [-0.3, -0.25) is 10.1 Å². The second-order valence-electron chi connectivity index (χ2n) is 4.28. The van der Waals surface area contributed by atoms with Crippen LogP contribution < -0.4 is 10.5 Å². The molecule has 1 aromatic heterocycles. The molecule has 0 bridgehead atoms. The summed E-state index contributed by atoms with van der Waals surface area (Å²) >= 11 is 0. The molecule has 2 atom stereocenters. The fourth-order valence-electron chi connectivity index (χ4n) is 2.04. The minimum atomic E-state index is -0.457. The number of rotatable bonds is 3. The minimum Gasteiger partial charge on any atom is -0.474 e. The smallest absolute Gasteiger partial charge is 0.276 e. The summed E-state index contributed by atoms with van der Waals surface area (Å²) in [6.45, 7) is 0. The Bertz CT molecular complexity index is 411. The summed E-state index contributed by atoms with van der Waals surface area (Å²) in [5.74, 6) is 0.304. The second-order valence-corrected chi connectivity index (χ2v) is 4.28. The Morgan fingerprint density at radius 3 is 3.06 bits per heavy atom. The van der Waals surface area contributed by atoms with Crippen LogP contribution in [0.3, 0.4) is 0 Å². The maximum atomic E-state index is 10.6. The number of hydrogen-bond donors (Lipinski definition) is 1. The molecule has 2 unspecified atom stereocenters. The third kappa shape index (κ3) is 3.13. The van der Waals surface area contributed by atoms with Crippen molar-refractivity contribution in [3.63, 3.8) is 0 Å². The SMILES string of the molecule is NC1CCCC(Oc2cc([N+](=O)[O-])ccn2)C1. The summed E-state index contributed by atoms with van der Waals surface area (Å²) in [7, 11) is 0. The molecule has 1 heterocycles. The van der Waals surface area contributed by atoms with E-state index in [0.717, 1.165) is 25.7 Å². The average Bonchev–Trinajstić information content (AvgIpc) is 2.29. The van der Waals surface area contributed by atoms with E-state index in [0.29, 0.717) is 5.88 Å². The van der Waals surface area contributed by atoms with Gasteiger partial charge in [0, 0.05) is 18.3 Å². The van der Waals surface area contributed by atoms with Crippen molar-refractivity contribution in [3.05, 3.63) is 28.4 Å². The molecule has 0 spiro atoms. The predicted molar refractivity (Wildman–Crippen MR) is 61.8 cm³/mol. The first-order chi connectivity index (χ1) is 8.15. The van der Waals surface area contributed by atoms with Crippen molar-refractivity contribution in [2.75, 3.05) is 0 Å². The average molecular weight is 237 g/mol. The number of nitrogens with two attached hydrogens (primary N) is 1. The number of ether oxygens (including phenoxy) is 1. The van der Waals surface area contributed by atoms with Crippen molar-refractivity contribution in [1.82, 2.24) is 4.98 Å². The molecule has 1 saturated carbocycles. The first kappa shape index (κ1) is 11.8. The van der Waals surface area contributed by atoms with Crippen LogP contribution in [0.15, 0.2) is 18.3 Å². The van der Waals surface area contributed by atoms with Crippen molar-refractivity contribution in [2.45, 2.75) is 37.8 Å². The van der Waals surface area contributed by atoms with E-state index in [4.69, 9.17) is 10.5 Å². The summed E-state index contributed by atoms with van der Waals surface area (Å²) in [5, 5.41) is 10.6. The van der Waals surface area contributed by atoms with Crippen LogP contribution in [0.25, 0.3) is 0 Å². The highest BCUT2D eigenvalue weighted by Crippen LogP contribution is 2.23. The Morgan fingerprint density at radius 1 is 1.53 bits per heavy atom. The van der Waals surface area contributed by atoms with Crippen LogP contribution in [0.4, 0.5) is 5.69 Å². The predicted octanol–water partition coefficient (Wildman–Crippen LogP) is 1.64. The minimum absolute atomic E-state index is 0.00453. The number of nitro groups is 1. The Balaban J connectivity index is 2.02. The molecule has 0 saturated heterocycles. The summed E-state index contributed by atoms with van der Waals surface area (Å²) in [6, 6.07) is 2.85. The molecule has 6 nitrogen and oxygen atoms in total. The molecule has 1 aliphatic carbocycles. The van der Waals surface area contributed by atoms with Gasteiger partial charge >= 0.3 is 0 Å². The maximum Gasteiger partial charge on any atom is 0.276 e. The molecule has 2 N–H and O–H groups in total. The summed E-state index contributed by atoms with van der Waals surface area (Å²) in [4.78, 5) is 14.1. The molecule has 2 rings (SSSR count). The normalized spacial score (nSPS) is 24.3. The fraction of sp³-hybridized carbons (Fsp3) is 0.545. The molecular formula is C11H15N3O3. The Labute approximate surface area is 98.9 Å². The van der Waals surface area contributed by atoms with Crippen LogP contribution in [-0.4, -0.2) is 22.1 Å². The van der Waals surface area contributed by atoms with Crippen molar-refractivity contribution < 1.29 is 9.66 Å². The van der Waals surface area contributed by atoms with Gasteiger partial charge in [-0.15, -0.1) is 0 Å². The third-order valence-electron chi connectivity index (χ3n) is 2.88. The molecule has 92 valence electrons. The first-order valence-electron chi connectivity index (χ1n) is 5.68. The zero-order valence-corrected chi connectivity index (χ0v) is 9.41. The zero-order chi connectivity index (χ0) is 12.3. The zero-order valence-electron chi connectivity index (χ0n) is 9.41. The van der Waals surface area contributed by atoms with E-state index in [1.54, 1.807) is 0 Å². The van der Waals surface area contributed by atoms with Gasteiger partial charge in [-0.05, 0) is 25.7 Å². The third-order valence-corrected chi connectivity index (χ3v) is 2.88. The van der Waals surface area contributed by atoms with E-state index in [1.807, 2.05) is 0 Å². The lowest BCUT2D eigenvalue weighted by Gasteiger charge is -2.26. The van der Waals surface area contributed by atoms with Gasteiger partial charge in [0.05, 0.1) is 11.0 Å². The fourth-order valence-corrected chi connectivity index (χ4v) is 2.04. The van der Waals surface area contributed by atoms with E-state index in [2.05, 4.69) is 4.98 Å². The quantitative estimate of drug-likeness (QED) is 0.637. The van der Waals surface area contributed by atoms with Gasteiger partial charge in [-0.25, -0.2) is 4.98 Å². The van der Waals surface area contributed by atoms with Crippen molar-refractivity contribution in [1.29, 1.82) is 0 Å². The van der Waals surface area contributed by atoms with E-state index in [1.165, 1.54) is 18.3 Å². The number of hydrogen-bond acceptors (Lipinski definition) is 5. The Hall–Kier alpha value is -1.69. The van der Waals surface area contributed by atoms with Gasteiger partial charge in [0.15, 0.2) is 0 Å². The van der Waals surface area contributed by atoms with E-state index in [9.17, 15) is 10.1 Å². The van der Waals surface area contributed by atoms with Gasteiger partial charge in [-0.2, -0.15) is 0 Å². The van der Waals surface area contributed by atoms with Crippen molar-refractivity contribution in [2.24, 2.45) is 5.73 Å². The lowest BCUT2D eigenvalue weighted by atomic mass is 9.94. The molecular weight excluding hydrogens is 222 g/mol. The van der Waals surface area contributed by atoms with Crippen LogP contribution in [-0.2, 0) is 0 Å². The van der Waals surface area contributed by atoms with Crippen molar-refractivity contribution >= 4 is 5.69 Å². The molecule has 1 aliphatic rings. The van der Waals surface area contributed by atoms with Gasteiger partial charge in [0.25, 0.3) is 5.69 Å². The van der Waals surface area contributed by atoms with Crippen molar-refractivity contribution in [3.8, 4) is 5.88 Å². The Kier molecular flexibility index (Phi) is 3.53. The lowest BCUT2D eigenvalue weighted by Crippen LogP contribution is -2.33. The topological polar surface area (TPSA) is 91.3 Å². The van der Waals surface area contributed by atoms with Gasteiger partial charge in [0.2, 0.25) is 5.88 Å². The highest BCUT2D eigenvalue weighted by atomic mass is 16.6. The number of pyridine rings is 1. The van der Waals surface area contributed by atoms with E-state index in [-0.39, 0.29) is 17.8 Å². The molecule has 0 aromatic carbocycles. The van der Waals surface area contributed by atoms with E-state index < -0.39 is 4.92 Å². The standard InChI is InChI=1S/C11H15N3O3/c12-8-2-1-3-10(6-8)17-11-7-9(14(15)16)4-5-13-11/h4-5,7-8,10H,1-3,6,12H2. The molecule has 1 fully saturated rings. The summed E-state index contributed by atoms with van der Waals surface area (Å²) in [6.07, 6.45) is 5.16. The molecule has 17 heavy (non-hydrogen) atoms. The summed E-state index contributed by atoms with van der Waals surface area (Å²) in [5.41, 5.74) is 5.84. The van der Waals surface area contributed by atoms with Gasteiger partial charge in [-0.1, -0.05) is 0 Å². The summed E-state index contributed by atoms with van der Waals surface area (Å²) < 4.78 is 5.62. The number of nitrogens with zero attached hydrogens (tertiary/aromatic N) is 2. The van der Waals surface area contributed by atoms with Crippen LogP contribution in [0.5, 0.6) is 5.88 Å².